The van der Waals surface area contributed by atoms with Gasteiger partial charge in [0.25, 0.3) is 11.5 Å². The van der Waals surface area contributed by atoms with Crippen LogP contribution < -0.4 is 15.8 Å². The molecule has 4 rings (SSSR count). The van der Waals surface area contributed by atoms with Crippen LogP contribution >= 0.6 is 0 Å². The van der Waals surface area contributed by atoms with Gasteiger partial charge in [0.15, 0.2) is 0 Å². The molecule has 6 heteroatoms. The molecule has 142 valence electrons. The Morgan fingerprint density at radius 3 is 2.70 bits per heavy atom. The Hall–Kier alpha value is -2.60. The van der Waals surface area contributed by atoms with Gasteiger partial charge in [0.1, 0.15) is 5.56 Å². The number of aromatic amines is 1. The summed E-state index contributed by atoms with van der Waals surface area (Å²) < 4.78 is 5.40. The van der Waals surface area contributed by atoms with Crippen molar-refractivity contribution in [2.75, 3.05) is 24.6 Å². The highest BCUT2D eigenvalue weighted by Crippen LogP contribution is 2.20. The number of aromatic nitrogens is 1. The predicted molar refractivity (Wildman–Crippen MR) is 104 cm³/mol. The fourth-order valence-electron chi connectivity index (χ4n) is 3.74. The van der Waals surface area contributed by atoms with Crippen LogP contribution in [-0.4, -0.2) is 30.6 Å². The highest BCUT2D eigenvalue weighted by atomic mass is 16.5. The Labute approximate surface area is 158 Å². The first-order valence-corrected chi connectivity index (χ1v) is 9.65. The van der Waals surface area contributed by atoms with Gasteiger partial charge in [-0.1, -0.05) is 12.1 Å². The first-order chi connectivity index (χ1) is 13.2. The average Bonchev–Trinajstić information content (AvgIpc) is 2.72. The van der Waals surface area contributed by atoms with Gasteiger partial charge in [-0.15, -0.1) is 0 Å². The van der Waals surface area contributed by atoms with Crippen molar-refractivity contribution in [3.05, 3.63) is 63.1 Å². The van der Waals surface area contributed by atoms with Crippen molar-refractivity contribution in [2.45, 2.75) is 38.8 Å². The maximum Gasteiger partial charge on any atom is 0.261 e. The summed E-state index contributed by atoms with van der Waals surface area (Å²) in [6, 6.07) is 9.94. The summed E-state index contributed by atoms with van der Waals surface area (Å²) in [6.45, 7) is 3.65. The van der Waals surface area contributed by atoms with Crippen molar-refractivity contribution in [2.24, 2.45) is 0 Å². The number of H-pyrrole nitrogens is 1. The van der Waals surface area contributed by atoms with Crippen molar-refractivity contribution in [1.29, 1.82) is 0 Å². The highest BCUT2D eigenvalue weighted by molar-refractivity contribution is 5.94. The van der Waals surface area contributed by atoms with Crippen molar-refractivity contribution in [1.82, 2.24) is 10.3 Å². The number of nitrogens with one attached hydrogen (secondary N) is 2. The molecular formula is C21H25N3O3. The monoisotopic (exact) mass is 367 g/mol. The molecule has 0 atom stereocenters. The lowest BCUT2D eigenvalue weighted by atomic mass is 10.1. The van der Waals surface area contributed by atoms with Gasteiger partial charge < -0.3 is 19.9 Å². The van der Waals surface area contributed by atoms with Crippen molar-refractivity contribution < 1.29 is 9.53 Å². The smallest absolute Gasteiger partial charge is 0.261 e. The van der Waals surface area contributed by atoms with Crippen LogP contribution in [0.3, 0.4) is 0 Å². The summed E-state index contributed by atoms with van der Waals surface area (Å²) in [4.78, 5) is 29.9. The van der Waals surface area contributed by atoms with Crippen LogP contribution in [0.15, 0.2) is 35.1 Å². The van der Waals surface area contributed by atoms with E-state index in [0.29, 0.717) is 26.2 Å². The van der Waals surface area contributed by atoms with Gasteiger partial charge in [-0.2, -0.15) is 0 Å². The normalized spacial score (nSPS) is 16.7. The van der Waals surface area contributed by atoms with Gasteiger partial charge in [0, 0.05) is 37.4 Å². The molecule has 2 aromatic rings. The van der Waals surface area contributed by atoms with Gasteiger partial charge in [0.2, 0.25) is 0 Å². The Morgan fingerprint density at radius 1 is 1.15 bits per heavy atom. The Bertz CT molecular complexity index is 867. The molecule has 0 bridgehead atoms. The second kappa shape index (κ2) is 7.96. The van der Waals surface area contributed by atoms with E-state index in [0.717, 1.165) is 29.9 Å². The molecule has 3 heterocycles. The largest absolute Gasteiger partial charge is 0.376 e. The Balaban J connectivity index is 1.40. The number of hydrogen-bond acceptors (Lipinski definition) is 4. The average molecular weight is 367 g/mol. The molecule has 27 heavy (non-hydrogen) atoms. The van der Waals surface area contributed by atoms with Gasteiger partial charge in [0.05, 0.1) is 13.2 Å². The first-order valence-electron chi connectivity index (χ1n) is 9.65. The lowest BCUT2D eigenvalue weighted by Gasteiger charge is -2.28. The number of rotatable bonds is 4. The van der Waals surface area contributed by atoms with E-state index in [4.69, 9.17) is 4.74 Å². The first kappa shape index (κ1) is 17.8. The summed E-state index contributed by atoms with van der Waals surface area (Å²) >= 11 is 0. The maximum atomic E-state index is 12.5. The van der Waals surface area contributed by atoms with E-state index in [1.807, 2.05) is 12.1 Å². The zero-order chi connectivity index (χ0) is 18.6. The number of benzene rings is 1. The minimum absolute atomic E-state index is 0.143. The van der Waals surface area contributed by atoms with E-state index in [9.17, 15) is 9.59 Å². The van der Waals surface area contributed by atoms with E-state index in [1.165, 1.54) is 24.9 Å². The number of anilines is 1. The summed E-state index contributed by atoms with van der Waals surface area (Å²) in [5.74, 6) is -0.357. The van der Waals surface area contributed by atoms with Crippen LogP contribution in [0.1, 0.15) is 46.4 Å². The molecule has 1 saturated heterocycles. The molecule has 0 saturated carbocycles. The molecule has 0 radical (unpaired) electrons. The Kier molecular flexibility index (Phi) is 5.25. The topological polar surface area (TPSA) is 74.4 Å². The fraction of sp³-hybridized carbons (Fsp3) is 0.429. The molecule has 0 spiro atoms. The second-order valence-electron chi connectivity index (χ2n) is 7.22. The number of pyridine rings is 1. The summed E-state index contributed by atoms with van der Waals surface area (Å²) in [5, 5.41) is 2.85. The number of nitrogens with zero attached hydrogens (tertiary/aromatic N) is 1. The molecule has 2 aliphatic rings. The van der Waals surface area contributed by atoms with E-state index in [-0.39, 0.29) is 17.0 Å². The van der Waals surface area contributed by atoms with Gasteiger partial charge in [-0.3, -0.25) is 9.59 Å². The molecule has 0 unspecified atom stereocenters. The Morgan fingerprint density at radius 2 is 1.93 bits per heavy atom. The quantitative estimate of drug-likeness (QED) is 0.870. The van der Waals surface area contributed by atoms with Gasteiger partial charge in [-0.25, -0.2) is 0 Å². The predicted octanol–water partition coefficient (Wildman–Crippen LogP) is 2.37. The minimum Gasteiger partial charge on any atom is -0.376 e. The molecule has 6 nitrogen and oxygen atoms in total. The van der Waals surface area contributed by atoms with Crippen LogP contribution in [-0.2, 0) is 24.3 Å². The third kappa shape index (κ3) is 4.06. The standard InChI is InChI=1S/C21H25N3O3/c25-20(18-12-16-14-27-11-8-19(16)23-21(18)26)22-13-15-4-6-17(7-5-15)24-9-2-1-3-10-24/h4-7,12H,1-3,8-11,13-14H2,(H,22,25)(H,23,26). The van der Waals surface area contributed by atoms with Crippen molar-refractivity contribution in [3.63, 3.8) is 0 Å². The van der Waals surface area contributed by atoms with Crippen molar-refractivity contribution in [3.8, 4) is 0 Å². The van der Waals surface area contributed by atoms with E-state index >= 15 is 0 Å². The summed E-state index contributed by atoms with van der Waals surface area (Å²) in [6.07, 6.45) is 4.49. The summed E-state index contributed by atoms with van der Waals surface area (Å²) in [7, 11) is 0. The lowest BCUT2D eigenvalue weighted by Crippen LogP contribution is -2.31. The second-order valence-corrected chi connectivity index (χ2v) is 7.22. The van der Waals surface area contributed by atoms with Crippen LogP contribution in [0.4, 0.5) is 5.69 Å². The van der Waals surface area contributed by atoms with Crippen molar-refractivity contribution >= 4 is 11.6 Å². The SMILES string of the molecule is O=C(NCc1ccc(N2CCCCC2)cc1)c1cc2c([nH]c1=O)CCOC2. The summed E-state index contributed by atoms with van der Waals surface area (Å²) in [5.41, 5.74) is 3.81. The highest BCUT2D eigenvalue weighted by Gasteiger charge is 2.17. The lowest BCUT2D eigenvalue weighted by molar-refractivity contribution is 0.0946. The number of fused-ring (bicyclic) bond motifs is 1. The van der Waals surface area contributed by atoms with Gasteiger partial charge >= 0.3 is 0 Å². The molecule has 1 aromatic heterocycles. The fourth-order valence-corrected chi connectivity index (χ4v) is 3.74. The van der Waals surface area contributed by atoms with E-state index in [1.54, 1.807) is 6.07 Å². The maximum absolute atomic E-state index is 12.5. The molecule has 1 aromatic carbocycles. The van der Waals surface area contributed by atoms with E-state index < -0.39 is 0 Å². The molecule has 1 fully saturated rings. The van der Waals surface area contributed by atoms with Crippen LogP contribution in [0.5, 0.6) is 0 Å². The number of hydrogen-bond donors (Lipinski definition) is 2. The third-order valence-electron chi connectivity index (χ3n) is 5.32. The van der Waals surface area contributed by atoms with E-state index in [2.05, 4.69) is 27.3 Å². The molecule has 1 amide bonds. The molecular weight excluding hydrogens is 342 g/mol. The molecule has 2 N–H and O–H groups in total. The van der Waals surface area contributed by atoms with Crippen LogP contribution in [0.25, 0.3) is 0 Å². The number of carbonyl (C=O) groups excluding carboxylic acids is 1. The van der Waals surface area contributed by atoms with Crippen LogP contribution in [0, 0.1) is 0 Å². The number of piperidine rings is 1. The third-order valence-corrected chi connectivity index (χ3v) is 5.32. The minimum atomic E-state index is -0.357. The van der Waals surface area contributed by atoms with Gasteiger partial charge in [-0.05, 0) is 48.6 Å². The zero-order valence-corrected chi connectivity index (χ0v) is 15.4. The number of carbonyl (C=O) groups is 1. The van der Waals surface area contributed by atoms with Crippen LogP contribution in [0.2, 0.25) is 0 Å². The molecule has 0 aliphatic carbocycles. The zero-order valence-electron chi connectivity index (χ0n) is 15.4. The number of amides is 1. The number of ether oxygens (including phenoxy) is 1. The molecule has 2 aliphatic heterocycles.